The fourth-order valence-electron chi connectivity index (χ4n) is 1.61. The molecule has 1 aromatic heterocycles. The molecule has 1 heterocycles. The molecular weight excluding hydrogens is 216 g/mol. The molecule has 2 nitrogen and oxygen atoms in total. The zero-order valence-electron chi connectivity index (χ0n) is 8.29. The van der Waals surface area contributed by atoms with Gasteiger partial charge < -0.3 is 5.73 Å². The summed E-state index contributed by atoms with van der Waals surface area (Å²) in [5.41, 5.74) is 6.15. The molecule has 0 aliphatic heterocycles. The number of thiophene rings is 1. The highest BCUT2D eigenvalue weighted by atomic mass is 35.5. The van der Waals surface area contributed by atoms with Crippen LogP contribution in [0, 0.1) is 0 Å². The Labute approximate surface area is 93.7 Å². The highest BCUT2D eigenvalue weighted by Crippen LogP contribution is 2.33. The Hall–Kier alpha value is -0.0900. The van der Waals surface area contributed by atoms with Crippen molar-refractivity contribution in [3.63, 3.8) is 0 Å². The second kappa shape index (κ2) is 3.81. The number of likely N-dealkylation sites (N-methyl/N-ethyl adjacent to an activating group) is 1. The molecule has 1 aliphatic rings. The normalized spacial score (nSPS) is 18.9. The number of nitrogens with two attached hydrogens (primary N) is 1. The topological polar surface area (TPSA) is 29.3 Å². The van der Waals surface area contributed by atoms with Crippen LogP contribution in [0.5, 0.6) is 0 Å². The van der Waals surface area contributed by atoms with Crippen molar-refractivity contribution in [1.82, 2.24) is 4.90 Å². The lowest BCUT2D eigenvalue weighted by Crippen LogP contribution is -2.36. The van der Waals surface area contributed by atoms with Gasteiger partial charge in [-0.15, -0.1) is 11.3 Å². The standard InChI is InChI=1S/C10H15ClN2S/c1-13(7-10(12)4-5-10)6-8-2-3-9(11)14-8/h2-3H,4-7,12H2,1H3. The first-order chi connectivity index (χ1) is 6.57. The molecule has 1 fully saturated rings. The average Bonchev–Trinajstić information content (AvgIpc) is 2.64. The van der Waals surface area contributed by atoms with Crippen LogP contribution < -0.4 is 5.73 Å². The Morgan fingerprint density at radius 3 is 2.79 bits per heavy atom. The van der Waals surface area contributed by atoms with E-state index in [2.05, 4.69) is 18.0 Å². The van der Waals surface area contributed by atoms with Crippen molar-refractivity contribution in [3.8, 4) is 0 Å². The van der Waals surface area contributed by atoms with Gasteiger partial charge in [-0.05, 0) is 32.0 Å². The van der Waals surface area contributed by atoms with Gasteiger partial charge in [0.25, 0.3) is 0 Å². The van der Waals surface area contributed by atoms with Crippen LogP contribution in [0.15, 0.2) is 12.1 Å². The fourth-order valence-corrected chi connectivity index (χ4v) is 2.78. The summed E-state index contributed by atoms with van der Waals surface area (Å²) in [6.45, 7) is 1.94. The van der Waals surface area contributed by atoms with Crippen molar-refractivity contribution in [2.75, 3.05) is 13.6 Å². The molecule has 0 radical (unpaired) electrons. The minimum absolute atomic E-state index is 0.107. The largest absolute Gasteiger partial charge is 0.324 e. The Morgan fingerprint density at radius 2 is 2.29 bits per heavy atom. The van der Waals surface area contributed by atoms with Gasteiger partial charge in [-0.1, -0.05) is 11.6 Å². The van der Waals surface area contributed by atoms with Gasteiger partial charge in [0.1, 0.15) is 0 Å². The maximum absolute atomic E-state index is 6.04. The second-order valence-electron chi connectivity index (χ2n) is 4.24. The van der Waals surface area contributed by atoms with Gasteiger partial charge in [-0.2, -0.15) is 0 Å². The smallest absolute Gasteiger partial charge is 0.0931 e. The molecule has 0 aromatic carbocycles. The Bertz CT molecular complexity index is 320. The highest BCUT2D eigenvalue weighted by molar-refractivity contribution is 7.16. The molecule has 2 rings (SSSR count). The van der Waals surface area contributed by atoms with Crippen LogP contribution in [-0.2, 0) is 6.54 Å². The van der Waals surface area contributed by atoms with Gasteiger partial charge in [0, 0.05) is 23.5 Å². The number of halogens is 1. The molecule has 0 amide bonds. The lowest BCUT2D eigenvalue weighted by molar-refractivity contribution is 0.298. The highest BCUT2D eigenvalue weighted by Gasteiger charge is 2.38. The van der Waals surface area contributed by atoms with E-state index in [0.717, 1.165) is 17.4 Å². The fraction of sp³-hybridized carbons (Fsp3) is 0.600. The van der Waals surface area contributed by atoms with E-state index in [1.54, 1.807) is 11.3 Å². The minimum Gasteiger partial charge on any atom is -0.324 e. The Kier molecular flexibility index (Phi) is 2.84. The molecule has 14 heavy (non-hydrogen) atoms. The zero-order valence-corrected chi connectivity index (χ0v) is 9.87. The maximum atomic E-state index is 6.04. The monoisotopic (exact) mass is 230 g/mol. The van der Waals surface area contributed by atoms with E-state index < -0.39 is 0 Å². The number of nitrogens with zero attached hydrogens (tertiary/aromatic N) is 1. The van der Waals surface area contributed by atoms with Crippen molar-refractivity contribution in [1.29, 1.82) is 0 Å². The maximum Gasteiger partial charge on any atom is 0.0931 e. The summed E-state index contributed by atoms with van der Waals surface area (Å²) in [5.74, 6) is 0. The Balaban J connectivity index is 1.85. The van der Waals surface area contributed by atoms with Crippen LogP contribution in [0.1, 0.15) is 17.7 Å². The van der Waals surface area contributed by atoms with E-state index in [1.165, 1.54) is 17.7 Å². The van der Waals surface area contributed by atoms with Crippen LogP contribution in [-0.4, -0.2) is 24.0 Å². The van der Waals surface area contributed by atoms with E-state index >= 15 is 0 Å². The average molecular weight is 231 g/mol. The van der Waals surface area contributed by atoms with Crippen LogP contribution in [0.4, 0.5) is 0 Å². The molecule has 0 spiro atoms. The zero-order chi connectivity index (χ0) is 10.2. The summed E-state index contributed by atoms with van der Waals surface area (Å²) in [6, 6.07) is 4.03. The molecular formula is C10H15ClN2S. The molecule has 78 valence electrons. The van der Waals surface area contributed by atoms with Gasteiger partial charge in [0.05, 0.1) is 4.34 Å². The van der Waals surface area contributed by atoms with E-state index in [9.17, 15) is 0 Å². The number of hydrogen-bond acceptors (Lipinski definition) is 3. The lowest BCUT2D eigenvalue weighted by Gasteiger charge is -2.19. The SMILES string of the molecule is CN(Cc1ccc(Cl)s1)CC1(N)CC1. The van der Waals surface area contributed by atoms with Gasteiger partial charge in [0.2, 0.25) is 0 Å². The van der Waals surface area contributed by atoms with E-state index in [-0.39, 0.29) is 5.54 Å². The molecule has 0 atom stereocenters. The van der Waals surface area contributed by atoms with Crippen molar-refractivity contribution in [2.45, 2.75) is 24.9 Å². The lowest BCUT2D eigenvalue weighted by atomic mass is 10.2. The molecule has 4 heteroatoms. The third-order valence-corrected chi connectivity index (χ3v) is 3.75. The summed E-state index contributed by atoms with van der Waals surface area (Å²) in [6.07, 6.45) is 2.34. The second-order valence-corrected chi connectivity index (χ2v) is 6.04. The van der Waals surface area contributed by atoms with Crippen LogP contribution in [0.2, 0.25) is 4.34 Å². The predicted molar refractivity (Wildman–Crippen MR) is 61.8 cm³/mol. The number of rotatable bonds is 4. The van der Waals surface area contributed by atoms with Crippen molar-refractivity contribution < 1.29 is 0 Å². The van der Waals surface area contributed by atoms with Crippen LogP contribution in [0.25, 0.3) is 0 Å². The molecule has 1 saturated carbocycles. The summed E-state index contributed by atoms with van der Waals surface area (Å²) < 4.78 is 0.863. The van der Waals surface area contributed by atoms with Crippen LogP contribution in [0.3, 0.4) is 0 Å². The number of hydrogen-bond donors (Lipinski definition) is 1. The summed E-state index contributed by atoms with van der Waals surface area (Å²) in [4.78, 5) is 3.58. The first kappa shape index (κ1) is 10.4. The third kappa shape index (κ3) is 2.70. The summed E-state index contributed by atoms with van der Waals surface area (Å²) in [5, 5.41) is 0. The molecule has 1 aliphatic carbocycles. The molecule has 0 saturated heterocycles. The first-order valence-electron chi connectivity index (χ1n) is 4.79. The molecule has 2 N–H and O–H groups in total. The van der Waals surface area contributed by atoms with E-state index in [4.69, 9.17) is 17.3 Å². The van der Waals surface area contributed by atoms with Crippen molar-refractivity contribution in [3.05, 3.63) is 21.3 Å². The minimum atomic E-state index is 0.107. The molecule has 0 bridgehead atoms. The Morgan fingerprint density at radius 1 is 1.57 bits per heavy atom. The van der Waals surface area contributed by atoms with Gasteiger partial charge in [-0.25, -0.2) is 0 Å². The summed E-state index contributed by atoms with van der Waals surface area (Å²) >= 11 is 7.51. The quantitative estimate of drug-likeness (QED) is 0.861. The van der Waals surface area contributed by atoms with Crippen molar-refractivity contribution >= 4 is 22.9 Å². The first-order valence-corrected chi connectivity index (χ1v) is 5.98. The molecule has 0 unspecified atom stereocenters. The third-order valence-electron chi connectivity index (χ3n) is 2.53. The van der Waals surface area contributed by atoms with Gasteiger partial charge >= 0.3 is 0 Å². The van der Waals surface area contributed by atoms with Gasteiger partial charge in [0.15, 0.2) is 0 Å². The van der Waals surface area contributed by atoms with Gasteiger partial charge in [-0.3, -0.25) is 4.90 Å². The molecule has 1 aromatic rings. The van der Waals surface area contributed by atoms with Crippen molar-refractivity contribution in [2.24, 2.45) is 5.73 Å². The van der Waals surface area contributed by atoms with Crippen LogP contribution >= 0.6 is 22.9 Å². The summed E-state index contributed by atoms with van der Waals surface area (Å²) in [7, 11) is 2.11. The van der Waals surface area contributed by atoms with E-state index in [0.29, 0.717) is 0 Å². The van der Waals surface area contributed by atoms with E-state index in [1.807, 2.05) is 6.07 Å². The predicted octanol–water partition coefficient (Wildman–Crippen LogP) is 2.32.